The highest BCUT2D eigenvalue weighted by molar-refractivity contribution is 8.00. The van der Waals surface area contributed by atoms with Gasteiger partial charge in [0.05, 0.1) is 0 Å². The molecule has 4 heteroatoms. The maximum absolute atomic E-state index is 10.7. The fourth-order valence-electron chi connectivity index (χ4n) is 1.56. The molecule has 1 nitrogen and oxygen atoms in total. The Morgan fingerprint density at radius 1 is 1.50 bits per heavy atom. The molecule has 0 N–H and O–H groups in total. The van der Waals surface area contributed by atoms with E-state index in [-0.39, 0.29) is 5.92 Å². The zero-order chi connectivity index (χ0) is 10.1. The van der Waals surface area contributed by atoms with Gasteiger partial charge in [-0.3, -0.25) is 4.79 Å². The second-order valence-corrected chi connectivity index (χ2v) is 5.21. The fourth-order valence-corrected chi connectivity index (χ4v) is 3.44. The SMILES string of the molecule is O=CC1=C(Cl)C2C=C(Cl)C=CC2SC1. The Kier molecular flexibility index (Phi) is 3.05. The first-order chi connectivity index (χ1) is 6.72. The Labute approximate surface area is 96.8 Å². The van der Waals surface area contributed by atoms with E-state index in [1.165, 1.54) is 0 Å². The molecule has 1 heterocycles. The Balaban J connectivity index is 2.36. The van der Waals surface area contributed by atoms with Gasteiger partial charge in [-0.05, 0) is 6.08 Å². The molecule has 0 aromatic rings. The predicted molar refractivity (Wildman–Crippen MR) is 61.8 cm³/mol. The summed E-state index contributed by atoms with van der Waals surface area (Å²) < 4.78 is 0. The molecule has 0 radical (unpaired) electrons. The van der Waals surface area contributed by atoms with Crippen molar-refractivity contribution in [2.45, 2.75) is 5.25 Å². The minimum absolute atomic E-state index is 0.0770. The molecule has 0 fully saturated rings. The van der Waals surface area contributed by atoms with E-state index in [1.54, 1.807) is 11.8 Å². The van der Waals surface area contributed by atoms with Crippen molar-refractivity contribution >= 4 is 41.2 Å². The molecule has 0 bridgehead atoms. The summed E-state index contributed by atoms with van der Waals surface area (Å²) in [7, 11) is 0. The quantitative estimate of drug-likeness (QED) is 0.662. The molecule has 2 rings (SSSR count). The lowest BCUT2D eigenvalue weighted by Crippen LogP contribution is -2.23. The minimum atomic E-state index is 0.0770. The summed E-state index contributed by atoms with van der Waals surface area (Å²) in [5.74, 6) is 0.771. The van der Waals surface area contributed by atoms with E-state index in [4.69, 9.17) is 23.2 Å². The molecule has 74 valence electrons. The minimum Gasteiger partial charge on any atom is -0.298 e. The van der Waals surface area contributed by atoms with Gasteiger partial charge in [-0.2, -0.15) is 0 Å². The lowest BCUT2D eigenvalue weighted by Gasteiger charge is -2.29. The summed E-state index contributed by atoms with van der Waals surface area (Å²) in [6.45, 7) is 0. The zero-order valence-corrected chi connectivity index (χ0v) is 9.57. The second kappa shape index (κ2) is 4.13. The summed E-state index contributed by atoms with van der Waals surface area (Å²) in [6, 6.07) is 0. The third kappa shape index (κ3) is 1.79. The van der Waals surface area contributed by atoms with Gasteiger partial charge >= 0.3 is 0 Å². The standard InChI is InChI=1S/C10H8Cl2OS/c11-7-1-2-9-8(3-7)10(12)6(4-13)5-14-9/h1-4,8-9H,5H2. The van der Waals surface area contributed by atoms with Gasteiger partial charge in [0.1, 0.15) is 6.29 Å². The summed E-state index contributed by atoms with van der Waals surface area (Å²) in [5.41, 5.74) is 0.689. The highest BCUT2D eigenvalue weighted by atomic mass is 35.5. The number of aldehydes is 1. The van der Waals surface area contributed by atoms with Crippen LogP contribution in [-0.2, 0) is 4.79 Å². The Morgan fingerprint density at radius 3 is 3.00 bits per heavy atom. The maximum atomic E-state index is 10.7. The number of thioether (sulfide) groups is 1. The van der Waals surface area contributed by atoms with Crippen LogP contribution in [0, 0.1) is 5.92 Å². The summed E-state index contributed by atoms with van der Waals surface area (Å²) in [6.07, 6.45) is 6.67. The molecule has 2 aliphatic rings. The average Bonchev–Trinajstić information content (AvgIpc) is 2.20. The molecule has 0 saturated carbocycles. The molecule has 0 spiro atoms. The molecule has 0 amide bonds. The first kappa shape index (κ1) is 10.3. The van der Waals surface area contributed by atoms with Gasteiger partial charge < -0.3 is 0 Å². The summed E-state index contributed by atoms with van der Waals surface area (Å²) >= 11 is 13.7. The largest absolute Gasteiger partial charge is 0.298 e. The molecular formula is C10H8Cl2OS. The van der Waals surface area contributed by atoms with Crippen LogP contribution in [0.2, 0.25) is 0 Å². The molecule has 0 saturated heterocycles. The molecule has 0 aromatic heterocycles. The molecule has 2 unspecified atom stereocenters. The maximum Gasteiger partial charge on any atom is 0.148 e. The molecule has 1 aliphatic carbocycles. The fraction of sp³-hybridized carbons (Fsp3) is 0.300. The van der Waals surface area contributed by atoms with Crippen LogP contribution >= 0.6 is 35.0 Å². The van der Waals surface area contributed by atoms with Crippen molar-refractivity contribution in [3.8, 4) is 0 Å². The van der Waals surface area contributed by atoms with Crippen molar-refractivity contribution in [2.75, 3.05) is 5.75 Å². The van der Waals surface area contributed by atoms with Crippen molar-refractivity contribution in [1.82, 2.24) is 0 Å². The van der Waals surface area contributed by atoms with Crippen LogP contribution in [0.15, 0.2) is 33.9 Å². The molecule has 2 atom stereocenters. The van der Waals surface area contributed by atoms with Gasteiger partial charge in [-0.25, -0.2) is 0 Å². The van der Waals surface area contributed by atoms with Crippen molar-refractivity contribution in [1.29, 1.82) is 0 Å². The first-order valence-corrected chi connectivity index (χ1v) is 6.03. The number of fused-ring (bicyclic) bond motifs is 1. The number of carbonyl (C=O) groups excluding carboxylic acids is 1. The van der Waals surface area contributed by atoms with Crippen LogP contribution in [0.3, 0.4) is 0 Å². The van der Waals surface area contributed by atoms with Crippen LogP contribution in [0.4, 0.5) is 0 Å². The monoisotopic (exact) mass is 246 g/mol. The van der Waals surface area contributed by atoms with Crippen LogP contribution in [0.5, 0.6) is 0 Å². The smallest absolute Gasteiger partial charge is 0.148 e. The second-order valence-electron chi connectivity index (χ2n) is 3.20. The number of rotatable bonds is 1. The molecule has 0 aromatic carbocycles. The lowest BCUT2D eigenvalue weighted by atomic mass is 9.97. The predicted octanol–water partition coefficient (Wildman–Crippen LogP) is 3.10. The average molecular weight is 247 g/mol. The number of hydrogen-bond acceptors (Lipinski definition) is 2. The van der Waals surface area contributed by atoms with Crippen LogP contribution < -0.4 is 0 Å². The highest BCUT2D eigenvalue weighted by Gasteiger charge is 2.29. The van der Waals surface area contributed by atoms with Gasteiger partial charge in [-0.1, -0.05) is 35.4 Å². The number of carbonyl (C=O) groups is 1. The molecule has 1 aliphatic heterocycles. The van der Waals surface area contributed by atoms with Gasteiger partial charge in [0, 0.05) is 32.6 Å². The number of halogens is 2. The Bertz CT molecular complexity index is 357. The van der Waals surface area contributed by atoms with E-state index in [9.17, 15) is 4.79 Å². The van der Waals surface area contributed by atoms with Gasteiger partial charge in [-0.15, -0.1) is 11.8 Å². The van der Waals surface area contributed by atoms with E-state index in [1.807, 2.05) is 18.2 Å². The van der Waals surface area contributed by atoms with Crippen molar-refractivity contribution in [2.24, 2.45) is 5.92 Å². The van der Waals surface area contributed by atoms with Gasteiger partial charge in [0.25, 0.3) is 0 Å². The van der Waals surface area contributed by atoms with Gasteiger partial charge in [0.2, 0.25) is 0 Å². The Hall–Kier alpha value is -0.180. The van der Waals surface area contributed by atoms with E-state index in [0.717, 1.165) is 6.29 Å². The normalized spacial score (nSPS) is 31.1. The third-order valence-electron chi connectivity index (χ3n) is 2.31. The number of hydrogen-bond donors (Lipinski definition) is 0. The molecular weight excluding hydrogens is 239 g/mol. The molecule has 14 heavy (non-hydrogen) atoms. The van der Waals surface area contributed by atoms with Gasteiger partial charge in [0.15, 0.2) is 0 Å². The van der Waals surface area contributed by atoms with Crippen LogP contribution in [-0.4, -0.2) is 17.3 Å². The van der Waals surface area contributed by atoms with E-state index in [0.29, 0.717) is 26.6 Å². The van der Waals surface area contributed by atoms with Crippen molar-refractivity contribution < 1.29 is 4.79 Å². The third-order valence-corrected chi connectivity index (χ3v) is 4.37. The van der Waals surface area contributed by atoms with Crippen LogP contribution in [0.25, 0.3) is 0 Å². The summed E-state index contributed by atoms with van der Waals surface area (Å²) in [4.78, 5) is 10.7. The first-order valence-electron chi connectivity index (χ1n) is 4.23. The Morgan fingerprint density at radius 2 is 2.29 bits per heavy atom. The van der Waals surface area contributed by atoms with E-state index in [2.05, 4.69) is 0 Å². The highest BCUT2D eigenvalue weighted by Crippen LogP contribution is 2.41. The topological polar surface area (TPSA) is 17.1 Å². The van der Waals surface area contributed by atoms with Crippen LogP contribution in [0.1, 0.15) is 0 Å². The summed E-state index contributed by atoms with van der Waals surface area (Å²) in [5, 5.41) is 1.66. The van der Waals surface area contributed by atoms with E-state index >= 15 is 0 Å². The van der Waals surface area contributed by atoms with E-state index < -0.39 is 0 Å². The van der Waals surface area contributed by atoms with Crippen molar-refractivity contribution in [3.63, 3.8) is 0 Å². The lowest BCUT2D eigenvalue weighted by molar-refractivity contribution is -0.104. The number of allylic oxidation sites excluding steroid dienone is 4. The van der Waals surface area contributed by atoms with Crippen molar-refractivity contribution in [3.05, 3.63) is 33.9 Å². The zero-order valence-electron chi connectivity index (χ0n) is 7.24.